The highest BCUT2D eigenvalue weighted by Crippen LogP contribution is 2.03. The smallest absolute Gasteiger partial charge is 0.333 e. The molecule has 0 bridgehead atoms. The highest BCUT2D eigenvalue weighted by atomic mass is 28.2. The van der Waals surface area contributed by atoms with Gasteiger partial charge in [0.1, 0.15) is 5.91 Å². The van der Waals surface area contributed by atoms with Crippen LogP contribution in [0.1, 0.15) is 46.5 Å². The lowest BCUT2D eigenvalue weighted by Gasteiger charge is -2.16. The Balaban J connectivity index is 3.30. The minimum Gasteiger partial charge on any atom is -0.462 e. The van der Waals surface area contributed by atoms with Gasteiger partial charge in [0.05, 0.1) is 16.1 Å². The van der Waals surface area contributed by atoms with Crippen molar-refractivity contribution in [3.05, 3.63) is 12.2 Å². The maximum atomic E-state index is 11.1. The first-order valence-electron chi connectivity index (χ1n) is 8.75. The maximum absolute atomic E-state index is 11.1. The summed E-state index contributed by atoms with van der Waals surface area (Å²) in [4.78, 5) is 11.1. The summed E-state index contributed by atoms with van der Waals surface area (Å²) in [5.41, 5.74) is 0.445. The van der Waals surface area contributed by atoms with Gasteiger partial charge in [-0.25, -0.2) is 4.79 Å². The molecule has 0 aliphatic heterocycles. The second kappa shape index (κ2) is 16.2. The van der Waals surface area contributed by atoms with Crippen LogP contribution in [0.3, 0.4) is 0 Å². The van der Waals surface area contributed by atoms with E-state index >= 15 is 0 Å². The van der Waals surface area contributed by atoms with E-state index in [1.807, 2.05) is 13.8 Å². The highest BCUT2D eigenvalue weighted by molar-refractivity contribution is 6.36. The van der Waals surface area contributed by atoms with Crippen LogP contribution in [0.15, 0.2) is 12.2 Å². The molecule has 0 unspecified atom stereocenters. The van der Waals surface area contributed by atoms with Crippen LogP contribution < -0.4 is 0 Å². The van der Waals surface area contributed by atoms with E-state index in [9.17, 15) is 4.79 Å². The Labute approximate surface area is 143 Å². The third kappa shape index (κ3) is 14.6. The van der Waals surface area contributed by atoms with Gasteiger partial charge in [-0.05, 0) is 40.0 Å². The molecule has 0 N–H and O–H groups in total. The van der Waals surface area contributed by atoms with Gasteiger partial charge in [0.15, 0.2) is 0 Å². The van der Waals surface area contributed by atoms with Crippen LogP contribution >= 0.6 is 0 Å². The summed E-state index contributed by atoms with van der Waals surface area (Å²) in [6.07, 6.45) is 4.01. The van der Waals surface area contributed by atoms with Crippen molar-refractivity contribution in [1.29, 1.82) is 0 Å². The van der Waals surface area contributed by atoms with Gasteiger partial charge in [0, 0.05) is 32.0 Å². The van der Waals surface area contributed by atoms with Crippen LogP contribution in [0.4, 0.5) is 0 Å². The SMILES string of the molecule is C=C(C)C(=O)OCCCCOCCCC[SiH2]C(OCC)OCC. The topological polar surface area (TPSA) is 54.0 Å². The van der Waals surface area contributed by atoms with Crippen LogP contribution in [0.2, 0.25) is 6.04 Å². The molecule has 0 atom stereocenters. The number of rotatable bonds is 16. The number of carbonyl (C=O) groups is 1. The molecule has 6 heteroatoms. The van der Waals surface area contributed by atoms with Crippen molar-refractivity contribution < 1.29 is 23.7 Å². The summed E-state index contributed by atoms with van der Waals surface area (Å²) in [6, 6.07) is 1.23. The van der Waals surface area contributed by atoms with Crippen LogP contribution in [-0.4, -0.2) is 54.4 Å². The Kier molecular flexibility index (Phi) is 15.7. The number of hydrogen-bond acceptors (Lipinski definition) is 5. The van der Waals surface area contributed by atoms with Crippen LogP contribution in [-0.2, 0) is 23.7 Å². The molecule has 5 nitrogen and oxygen atoms in total. The quantitative estimate of drug-likeness (QED) is 0.141. The van der Waals surface area contributed by atoms with E-state index in [0.29, 0.717) is 12.2 Å². The number of esters is 1. The van der Waals surface area contributed by atoms with E-state index in [2.05, 4.69) is 6.58 Å². The summed E-state index contributed by atoms with van der Waals surface area (Å²) >= 11 is 0. The molecule has 0 aliphatic rings. The zero-order chi connectivity index (χ0) is 17.3. The van der Waals surface area contributed by atoms with Crippen LogP contribution in [0.5, 0.6) is 0 Å². The lowest BCUT2D eigenvalue weighted by molar-refractivity contribution is -0.139. The third-order valence-corrected chi connectivity index (χ3v) is 5.05. The Morgan fingerprint density at radius 3 is 2.13 bits per heavy atom. The molecule has 0 spiro atoms. The van der Waals surface area contributed by atoms with E-state index in [-0.39, 0.29) is 21.4 Å². The highest BCUT2D eigenvalue weighted by Gasteiger charge is 2.07. The van der Waals surface area contributed by atoms with Crippen LogP contribution in [0, 0.1) is 0 Å². The summed E-state index contributed by atoms with van der Waals surface area (Å²) in [5.74, 6) is -0.236. The lowest BCUT2D eigenvalue weighted by Crippen LogP contribution is -2.24. The van der Waals surface area contributed by atoms with Crippen molar-refractivity contribution in [3.63, 3.8) is 0 Å². The number of unbranched alkanes of at least 4 members (excludes halogenated alkanes) is 2. The van der Waals surface area contributed by atoms with Crippen molar-refractivity contribution in [2.75, 3.05) is 33.0 Å². The van der Waals surface area contributed by atoms with Gasteiger partial charge >= 0.3 is 5.97 Å². The summed E-state index contributed by atoms with van der Waals surface area (Å²) in [6.45, 7) is 12.6. The van der Waals surface area contributed by atoms with Crippen molar-refractivity contribution in [3.8, 4) is 0 Å². The van der Waals surface area contributed by atoms with Crippen molar-refractivity contribution >= 4 is 15.5 Å². The Bertz CT molecular complexity index is 303. The first-order chi connectivity index (χ1) is 11.1. The van der Waals surface area contributed by atoms with Gasteiger partial charge in [0.2, 0.25) is 0 Å². The first kappa shape index (κ1) is 22.3. The lowest BCUT2D eigenvalue weighted by atomic mass is 10.3. The first-order valence-corrected chi connectivity index (χ1v) is 10.6. The van der Waals surface area contributed by atoms with E-state index in [1.54, 1.807) is 6.92 Å². The number of ether oxygens (including phenoxy) is 4. The standard InChI is InChI=1S/C17H34O5Si/c1-5-20-17(21-6-2)23-14-10-9-12-19-11-7-8-13-22-16(18)15(3)4/h17H,3,5-14,23H2,1-2,4H3. The second-order valence-electron chi connectivity index (χ2n) is 5.43. The fraction of sp³-hybridized carbons (Fsp3) is 0.824. The molecule has 0 saturated heterocycles. The van der Waals surface area contributed by atoms with E-state index < -0.39 is 0 Å². The molecular formula is C17H34O5Si. The van der Waals surface area contributed by atoms with Gasteiger partial charge in [0.25, 0.3) is 0 Å². The Morgan fingerprint density at radius 1 is 1.00 bits per heavy atom. The molecule has 0 aromatic rings. The molecule has 0 fully saturated rings. The predicted octanol–water partition coefficient (Wildman–Crippen LogP) is 2.63. The molecule has 0 heterocycles. The van der Waals surface area contributed by atoms with E-state index in [4.69, 9.17) is 18.9 Å². The largest absolute Gasteiger partial charge is 0.462 e. The fourth-order valence-electron chi connectivity index (χ4n) is 1.97. The average Bonchev–Trinajstić information content (AvgIpc) is 2.52. The molecule has 23 heavy (non-hydrogen) atoms. The predicted molar refractivity (Wildman–Crippen MR) is 95.5 cm³/mol. The normalized spacial score (nSPS) is 11.5. The molecule has 0 amide bonds. The van der Waals surface area contributed by atoms with Crippen molar-refractivity contribution in [2.24, 2.45) is 0 Å². The molecule has 0 aromatic heterocycles. The molecule has 136 valence electrons. The van der Waals surface area contributed by atoms with Gasteiger partial charge in [-0.3, -0.25) is 0 Å². The van der Waals surface area contributed by atoms with E-state index in [1.165, 1.54) is 12.5 Å². The van der Waals surface area contributed by atoms with Gasteiger partial charge in [-0.15, -0.1) is 0 Å². The summed E-state index contributed by atoms with van der Waals surface area (Å²) in [5, 5.41) is 0. The fourth-order valence-corrected chi connectivity index (χ4v) is 3.76. The average molecular weight is 347 g/mol. The van der Waals surface area contributed by atoms with Crippen molar-refractivity contribution in [2.45, 2.75) is 58.4 Å². The molecule has 0 aromatic carbocycles. The monoisotopic (exact) mass is 346 g/mol. The minimum absolute atomic E-state index is 0.0767. The summed E-state index contributed by atoms with van der Waals surface area (Å²) in [7, 11) is -0.318. The minimum atomic E-state index is -0.318. The Morgan fingerprint density at radius 2 is 1.57 bits per heavy atom. The Hall–Kier alpha value is -0.693. The number of hydrogen-bond donors (Lipinski definition) is 0. The molecule has 0 saturated carbocycles. The van der Waals surface area contributed by atoms with Gasteiger partial charge < -0.3 is 18.9 Å². The number of carbonyl (C=O) groups excluding carboxylic acids is 1. The van der Waals surface area contributed by atoms with Crippen molar-refractivity contribution in [1.82, 2.24) is 0 Å². The molecular weight excluding hydrogens is 312 g/mol. The van der Waals surface area contributed by atoms with Gasteiger partial charge in [-0.2, -0.15) is 0 Å². The maximum Gasteiger partial charge on any atom is 0.333 e. The zero-order valence-corrected chi connectivity index (χ0v) is 16.5. The van der Waals surface area contributed by atoms with E-state index in [0.717, 1.165) is 45.7 Å². The second-order valence-corrected chi connectivity index (χ2v) is 7.38. The summed E-state index contributed by atoms with van der Waals surface area (Å²) < 4.78 is 21.7. The molecule has 0 aliphatic carbocycles. The molecule has 0 rings (SSSR count). The molecule has 0 radical (unpaired) electrons. The van der Waals surface area contributed by atoms with Crippen LogP contribution in [0.25, 0.3) is 0 Å². The third-order valence-electron chi connectivity index (χ3n) is 3.20. The van der Waals surface area contributed by atoms with Gasteiger partial charge in [-0.1, -0.05) is 19.0 Å². The zero-order valence-electron chi connectivity index (χ0n) is 15.1.